The number of anilines is 1. The minimum Gasteiger partial charge on any atom is -0.507 e. The first-order chi connectivity index (χ1) is 13.5. The summed E-state index contributed by atoms with van der Waals surface area (Å²) in [6.07, 6.45) is 1.49. The van der Waals surface area contributed by atoms with Gasteiger partial charge in [-0.2, -0.15) is 0 Å². The van der Waals surface area contributed by atoms with Gasteiger partial charge in [-0.15, -0.1) is 11.3 Å². The average Bonchev–Trinajstić information content (AvgIpc) is 3.30. The first kappa shape index (κ1) is 18.5. The molecule has 0 radical (unpaired) electrons. The number of aromatic nitrogens is 1. The van der Waals surface area contributed by atoms with Gasteiger partial charge in [-0.25, -0.2) is 9.37 Å². The minimum absolute atomic E-state index is 0.107. The molecule has 5 nitrogen and oxygen atoms in total. The zero-order valence-electron chi connectivity index (χ0n) is 14.2. The third kappa shape index (κ3) is 3.04. The van der Waals surface area contributed by atoms with Crippen LogP contribution in [0.25, 0.3) is 5.76 Å². The van der Waals surface area contributed by atoms with Crippen LogP contribution in [0.3, 0.4) is 0 Å². The second-order valence-corrected chi connectivity index (χ2v) is 7.80. The zero-order valence-corrected chi connectivity index (χ0v) is 16.6. The van der Waals surface area contributed by atoms with Crippen LogP contribution in [0.5, 0.6) is 0 Å². The summed E-state index contributed by atoms with van der Waals surface area (Å²) >= 11 is 4.46. The fourth-order valence-electron chi connectivity index (χ4n) is 3.12. The Morgan fingerprint density at radius 3 is 2.50 bits per heavy atom. The summed E-state index contributed by atoms with van der Waals surface area (Å²) in [6, 6.07) is 11.4. The van der Waals surface area contributed by atoms with Crippen molar-refractivity contribution in [2.24, 2.45) is 0 Å². The third-order valence-corrected chi connectivity index (χ3v) is 5.69. The number of thiazole rings is 1. The molecule has 0 saturated carbocycles. The lowest BCUT2D eigenvalue weighted by Crippen LogP contribution is -2.29. The van der Waals surface area contributed by atoms with Crippen LogP contribution in [0.4, 0.5) is 9.52 Å². The van der Waals surface area contributed by atoms with E-state index >= 15 is 0 Å². The SMILES string of the molecule is O=C1C(=O)N(c2nccs2)[C@H](c2ccccc2F)/C1=C(\O)c1ccc(Br)cc1. The standard InChI is InChI=1S/C20H12BrFN2O3S/c21-12-7-5-11(6-8-12)17(25)15-16(13-3-1-2-4-14(13)22)24(19(27)18(15)26)20-23-9-10-28-20/h1-10,16,25H/b17-15+/t16-/m1/s1. The molecular weight excluding hydrogens is 447 g/mol. The van der Waals surface area contributed by atoms with E-state index in [-0.39, 0.29) is 22.0 Å². The van der Waals surface area contributed by atoms with Crippen LogP contribution in [-0.2, 0) is 9.59 Å². The summed E-state index contributed by atoms with van der Waals surface area (Å²) < 4.78 is 15.4. The van der Waals surface area contributed by atoms with E-state index in [1.165, 1.54) is 24.4 Å². The van der Waals surface area contributed by atoms with E-state index in [0.29, 0.717) is 5.56 Å². The van der Waals surface area contributed by atoms with E-state index in [1.807, 2.05) is 0 Å². The molecule has 1 aromatic heterocycles. The Kier molecular flexibility index (Phi) is 4.82. The third-order valence-electron chi connectivity index (χ3n) is 4.39. The van der Waals surface area contributed by atoms with Gasteiger partial charge in [-0.05, 0) is 18.2 Å². The molecule has 1 amide bonds. The highest BCUT2D eigenvalue weighted by Gasteiger charge is 2.48. The van der Waals surface area contributed by atoms with Gasteiger partial charge >= 0.3 is 5.91 Å². The quantitative estimate of drug-likeness (QED) is 0.351. The molecule has 140 valence electrons. The van der Waals surface area contributed by atoms with E-state index in [9.17, 15) is 19.1 Å². The maximum Gasteiger partial charge on any atom is 0.301 e. The van der Waals surface area contributed by atoms with Crippen LogP contribution in [0, 0.1) is 5.82 Å². The van der Waals surface area contributed by atoms with Crippen molar-refractivity contribution < 1.29 is 19.1 Å². The number of aliphatic hydroxyl groups is 1. The van der Waals surface area contributed by atoms with Gasteiger partial charge in [0.2, 0.25) is 0 Å². The molecule has 3 aromatic rings. The number of hydrogen-bond acceptors (Lipinski definition) is 5. The topological polar surface area (TPSA) is 70.5 Å². The molecule has 2 aromatic carbocycles. The maximum atomic E-state index is 14.6. The van der Waals surface area contributed by atoms with Gasteiger partial charge in [-0.1, -0.05) is 46.3 Å². The number of nitrogens with zero attached hydrogens (tertiary/aromatic N) is 2. The first-order valence-electron chi connectivity index (χ1n) is 8.20. The Bertz CT molecular complexity index is 1100. The molecule has 2 heterocycles. The van der Waals surface area contributed by atoms with Gasteiger partial charge in [0.05, 0.1) is 5.57 Å². The molecule has 28 heavy (non-hydrogen) atoms. The van der Waals surface area contributed by atoms with Gasteiger partial charge in [-0.3, -0.25) is 14.5 Å². The molecule has 1 saturated heterocycles. The van der Waals surface area contributed by atoms with Crippen molar-refractivity contribution >= 4 is 49.8 Å². The summed E-state index contributed by atoms with van der Waals surface area (Å²) in [6.45, 7) is 0. The molecular formula is C20H12BrFN2O3S. The number of rotatable bonds is 3. The van der Waals surface area contributed by atoms with Crippen molar-refractivity contribution in [1.82, 2.24) is 4.98 Å². The molecule has 1 N–H and O–H groups in total. The molecule has 1 aliphatic rings. The lowest BCUT2D eigenvalue weighted by atomic mass is 9.95. The van der Waals surface area contributed by atoms with Crippen molar-refractivity contribution in [2.45, 2.75) is 6.04 Å². The van der Waals surface area contributed by atoms with Crippen molar-refractivity contribution in [3.05, 3.63) is 87.1 Å². The zero-order chi connectivity index (χ0) is 19.8. The summed E-state index contributed by atoms with van der Waals surface area (Å²) in [5, 5.41) is 12.8. The molecule has 1 atom stereocenters. The monoisotopic (exact) mass is 458 g/mol. The second kappa shape index (κ2) is 7.29. The Hall–Kier alpha value is -2.84. The lowest BCUT2D eigenvalue weighted by Gasteiger charge is -2.23. The lowest BCUT2D eigenvalue weighted by molar-refractivity contribution is -0.132. The van der Waals surface area contributed by atoms with E-state index in [1.54, 1.807) is 35.7 Å². The highest BCUT2D eigenvalue weighted by Crippen LogP contribution is 2.43. The summed E-state index contributed by atoms with van der Waals surface area (Å²) in [7, 11) is 0. The Labute approximate surface area is 171 Å². The fraction of sp³-hybridized carbons (Fsp3) is 0.0500. The number of carbonyl (C=O) groups is 2. The number of amides is 1. The van der Waals surface area contributed by atoms with Crippen molar-refractivity contribution in [3.8, 4) is 0 Å². The molecule has 0 bridgehead atoms. The number of halogens is 2. The van der Waals surface area contributed by atoms with Crippen molar-refractivity contribution in [1.29, 1.82) is 0 Å². The highest BCUT2D eigenvalue weighted by molar-refractivity contribution is 9.10. The summed E-state index contributed by atoms with van der Waals surface area (Å²) in [5.41, 5.74) is 0.282. The largest absolute Gasteiger partial charge is 0.507 e. The molecule has 0 unspecified atom stereocenters. The van der Waals surface area contributed by atoms with E-state index in [2.05, 4.69) is 20.9 Å². The predicted octanol–water partition coefficient (Wildman–Crippen LogP) is 4.67. The number of aliphatic hydroxyl groups excluding tert-OH is 1. The van der Waals surface area contributed by atoms with E-state index in [4.69, 9.17) is 0 Å². The van der Waals surface area contributed by atoms with E-state index < -0.39 is 23.5 Å². The highest BCUT2D eigenvalue weighted by atomic mass is 79.9. The molecule has 0 spiro atoms. The average molecular weight is 459 g/mol. The Balaban J connectivity index is 1.96. The van der Waals surface area contributed by atoms with Crippen LogP contribution in [-0.4, -0.2) is 21.8 Å². The molecule has 1 fully saturated rings. The van der Waals surface area contributed by atoms with Gasteiger partial charge in [0.25, 0.3) is 5.78 Å². The molecule has 0 aliphatic carbocycles. The fourth-order valence-corrected chi connectivity index (χ4v) is 4.05. The first-order valence-corrected chi connectivity index (χ1v) is 9.87. The molecule has 4 rings (SSSR count). The molecule has 1 aliphatic heterocycles. The van der Waals surface area contributed by atoms with Gasteiger partial charge in [0.15, 0.2) is 5.13 Å². The smallest absolute Gasteiger partial charge is 0.301 e. The van der Waals surface area contributed by atoms with Crippen LogP contribution in [0.15, 0.2) is 70.2 Å². The number of carbonyl (C=O) groups excluding carboxylic acids is 2. The normalized spacial score (nSPS) is 18.6. The van der Waals surface area contributed by atoms with Crippen LogP contribution >= 0.6 is 27.3 Å². The van der Waals surface area contributed by atoms with Crippen LogP contribution < -0.4 is 4.90 Å². The van der Waals surface area contributed by atoms with Gasteiger partial charge < -0.3 is 5.11 Å². The Morgan fingerprint density at radius 1 is 1.14 bits per heavy atom. The maximum absolute atomic E-state index is 14.6. The second-order valence-electron chi connectivity index (χ2n) is 6.01. The number of ketones is 1. The van der Waals surface area contributed by atoms with Crippen LogP contribution in [0.1, 0.15) is 17.2 Å². The Morgan fingerprint density at radius 2 is 1.86 bits per heavy atom. The van der Waals surface area contributed by atoms with Crippen molar-refractivity contribution in [3.63, 3.8) is 0 Å². The van der Waals surface area contributed by atoms with Gasteiger partial charge in [0, 0.05) is 27.2 Å². The summed E-state index contributed by atoms with van der Waals surface area (Å²) in [5.74, 6) is -2.69. The van der Waals surface area contributed by atoms with Crippen LogP contribution in [0.2, 0.25) is 0 Å². The van der Waals surface area contributed by atoms with Crippen molar-refractivity contribution in [2.75, 3.05) is 4.90 Å². The minimum atomic E-state index is -1.11. The number of benzene rings is 2. The number of Topliss-reactive ketones (excluding diaryl/α,β-unsaturated/α-hetero) is 1. The molecule has 8 heteroatoms. The summed E-state index contributed by atoms with van der Waals surface area (Å²) in [4.78, 5) is 30.8. The number of hydrogen-bond donors (Lipinski definition) is 1. The predicted molar refractivity (Wildman–Crippen MR) is 107 cm³/mol. The van der Waals surface area contributed by atoms with Gasteiger partial charge in [0.1, 0.15) is 17.6 Å². The van der Waals surface area contributed by atoms with E-state index in [0.717, 1.165) is 20.7 Å².